The molecule has 5 rings (SSSR count). The van der Waals surface area contributed by atoms with Crippen molar-refractivity contribution in [2.75, 3.05) is 0 Å². The van der Waals surface area contributed by atoms with Gasteiger partial charge in [0, 0.05) is 14.4 Å². The highest BCUT2D eigenvalue weighted by molar-refractivity contribution is 14.1. The number of halogens is 1. The third-order valence-electron chi connectivity index (χ3n) is 6.92. The standard InChI is InChI=1S/C20H25IO/c1-18(2,17(22)16-6-4-3-5-7-16)19-9-14-8-15(10-19)12-20(21,11-14)13-19/h3-7,14-15H,8-13H2,1-2H3/t14-,15+,19?,20?. The molecule has 4 bridgehead atoms. The number of alkyl halides is 1. The number of hydrogen-bond donors (Lipinski definition) is 0. The molecule has 1 aromatic carbocycles. The van der Waals surface area contributed by atoms with Crippen LogP contribution in [-0.4, -0.2) is 9.20 Å². The smallest absolute Gasteiger partial charge is 0.169 e. The molecule has 4 aliphatic carbocycles. The van der Waals surface area contributed by atoms with Crippen LogP contribution in [0.3, 0.4) is 0 Å². The Morgan fingerprint density at radius 3 is 2.23 bits per heavy atom. The third kappa shape index (κ3) is 2.12. The molecule has 1 aromatic rings. The van der Waals surface area contributed by atoms with Gasteiger partial charge in [0.2, 0.25) is 0 Å². The summed E-state index contributed by atoms with van der Waals surface area (Å²) >= 11 is 2.74. The predicted octanol–water partition coefficient (Wildman–Crippen LogP) is 5.67. The van der Waals surface area contributed by atoms with Crippen LogP contribution in [0.25, 0.3) is 0 Å². The predicted molar refractivity (Wildman–Crippen MR) is 98.4 cm³/mol. The first kappa shape index (κ1) is 15.2. The number of benzene rings is 1. The van der Waals surface area contributed by atoms with E-state index in [1.807, 2.05) is 30.3 Å². The molecule has 4 atom stereocenters. The van der Waals surface area contributed by atoms with E-state index in [1.165, 1.54) is 38.5 Å². The van der Waals surface area contributed by atoms with Gasteiger partial charge in [0.15, 0.2) is 5.78 Å². The number of carbonyl (C=O) groups excluding carboxylic acids is 1. The molecule has 2 heteroatoms. The Morgan fingerprint density at radius 1 is 1.09 bits per heavy atom. The Kier molecular flexibility index (Phi) is 3.32. The molecule has 4 fully saturated rings. The molecule has 0 radical (unpaired) electrons. The molecule has 4 saturated carbocycles. The first-order valence-electron chi connectivity index (χ1n) is 8.62. The van der Waals surface area contributed by atoms with Crippen LogP contribution in [0, 0.1) is 22.7 Å². The molecule has 0 heterocycles. The molecule has 0 amide bonds. The average molecular weight is 408 g/mol. The second-order valence-electron chi connectivity index (χ2n) is 8.71. The van der Waals surface area contributed by atoms with Gasteiger partial charge >= 0.3 is 0 Å². The van der Waals surface area contributed by atoms with Gasteiger partial charge in [0.1, 0.15) is 0 Å². The van der Waals surface area contributed by atoms with Gasteiger partial charge in [-0.3, -0.25) is 4.79 Å². The number of ketones is 1. The molecule has 4 aliphatic rings. The Bertz CT molecular complexity index is 589. The largest absolute Gasteiger partial charge is 0.294 e. The fourth-order valence-electron chi connectivity index (χ4n) is 6.07. The fourth-order valence-corrected chi connectivity index (χ4v) is 8.05. The lowest BCUT2D eigenvalue weighted by Crippen LogP contribution is -2.59. The Labute approximate surface area is 147 Å². The van der Waals surface area contributed by atoms with E-state index in [-0.39, 0.29) is 10.8 Å². The zero-order valence-electron chi connectivity index (χ0n) is 13.6. The van der Waals surface area contributed by atoms with E-state index < -0.39 is 0 Å². The average Bonchev–Trinajstić information content (AvgIpc) is 2.44. The molecule has 22 heavy (non-hydrogen) atoms. The molecular weight excluding hydrogens is 383 g/mol. The first-order valence-corrected chi connectivity index (χ1v) is 9.70. The van der Waals surface area contributed by atoms with Crippen LogP contribution in [0.15, 0.2) is 30.3 Å². The zero-order valence-corrected chi connectivity index (χ0v) is 15.7. The van der Waals surface area contributed by atoms with Gasteiger partial charge < -0.3 is 0 Å². The maximum Gasteiger partial charge on any atom is 0.169 e. The molecule has 0 saturated heterocycles. The summed E-state index contributed by atoms with van der Waals surface area (Å²) in [5.74, 6) is 2.08. The maximum absolute atomic E-state index is 13.3. The number of hydrogen-bond acceptors (Lipinski definition) is 1. The van der Waals surface area contributed by atoms with Gasteiger partial charge in [-0.15, -0.1) is 0 Å². The van der Waals surface area contributed by atoms with Gasteiger partial charge in [0.25, 0.3) is 0 Å². The molecule has 0 spiro atoms. The minimum absolute atomic E-state index is 0.227. The second-order valence-corrected chi connectivity index (χ2v) is 11.0. The highest BCUT2D eigenvalue weighted by Gasteiger charge is 2.63. The quantitative estimate of drug-likeness (QED) is 0.358. The number of Topliss-reactive ketones (excluding diaryl/α,β-unsaturated/α-hetero) is 1. The van der Waals surface area contributed by atoms with Gasteiger partial charge in [-0.1, -0.05) is 66.8 Å². The zero-order chi connectivity index (χ0) is 15.6. The normalized spacial score (nSPS) is 40.0. The molecule has 1 nitrogen and oxygen atoms in total. The van der Waals surface area contributed by atoms with Crippen molar-refractivity contribution in [1.82, 2.24) is 0 Å². The Hall–Kier alpha value is -0.380. The maximum atomic E-state index is 13.3. The summed E-state index contributed by atoms with van der Waals surface area (Å²) in [5, 5.41) is 0. The molecule has 0 aliphatic heterocycles. The summed E-state index contributed by atoms with van der Waals surface area (Å²) < 4.78 is 0.468. The van der Waals surface area contributed by atoms with E-state index in [1.54, 1.807) is 0 Å². The highest BCUT2D eigenvalue weighted by Crippen LogP contribution is 2.69. The lowest BCUT2D eigenvalue weighted by Gasteiger charge is -2.64. The van der Waals surface area contributed by atoms with Gasteiger partial charge in [0.05, 0.1) is 0 Å². The topological polar surface area (TPSA) is 17.1 Å². The van der Waals surface area contributed by atoms with Crippen LogP contribution in [0.1, 0.15) is 62.7 Å². The molecule has 0 N–H and O–H groups in total. The number of rotatable bonds is 3. The monoisotopic (exact) mass is 408 g/mol. The fraction of sp³-hybridized carbons (Fsp3) is 0.650. The van der Waals surface area contributed by atoms with Crippen molar-refractivity contribution in [2.24, 2.45) is 22.7 Å². The third-order valence-corrected chi connectivity index (χ3v) is 8.18. The van der Waals surface area contributed by atoms with Crippen molar-refractivity contribution in [3.63, 3.8) is 0 Å². The summed E-state index contributed by atoms with van der Waals surface area (Å²) in [6.07, 6.45) is 8.00. The summed E-state index contributed by atoms with van der Waals surface area (Å²) in [4.78, 5) is 13.3. The van der Waals surface area contributed by atoms with Crippen LogP contribution < -0.4 is 0 Å². The summed E-state index contributed by atoms with van der Waals surface area (Å²) in [6, 6.07) is 9.95. The van der Waals surface area contributed by atoms with E-state index in [0.717, 1.165) is 17.4 Å². The van der Waals surface area contributed by atoms with Gasteiger partial charge in [-0.2, -0.15) is 0 Å². The molecular formula is C20H25IO. The second kappa shape index (κ2) is 4.81. The van der Waals surface area contributed by atoms with E-state index >= 15 is 0 Å². The van der Waals surface area contributed by atoms with E-state index in [2.05, 4.69) is 36.4 Å². The van der Waals surface area contributed by atoms with Crippen LogP contribution in [-0.2, 0) is 0 Å². The molecule has 2 unspecified atom stereocenters. The SMILES string of the molecule is CC(C)(C(=O)c1ccccc1)C12C[C@@H]3C[C@@H](CC(I)(C3)C1)C2. The van der Waals surface area contributed by atoms with Gasteiger partial charge in [-0.05, 0) is 55.8 Å². The van der Waals surface area contributed by atoms with Crippen molar-refractivity contribution in [1.29, 1.82) is 0 Å². The highest BCUT2D eigenvalue weighted by atomic mass is 127. The van der Waals surface area contributed by atoms with Crippen molar-refractivity contribution >= 4 is 28.4 Å². The van der Waals surface area contributed by atoms with E-state index in [9.17, 15) is 4.79 Å². The molecule has 0 aromatic heterocycles. The number of carbonyl (C=O) groups is 1. The van der Waals surface area contributed by atoms with Crippen LogP contribution >= 0.6 is 22.6 Å². The van der Waals surface area contributed by atoms with E-state index in [0.29, 0.717) is 9.20 Å². The van der Waals surface area contributed by atoms with E-state index in [4.69, 9.17) is 0 Å². The summed E-state index contributed by atoms with van der Waals surface area (Å²) in [5.41, 5.74) is 0.874. The van der Waals surface area contributed by atoms with Gasteiger partial charge in [-0.25, -0.2) is 0 Å². The van der Waals surface area contributed by atoms with Crippen molar-refractivity contribution in [3.8, 4) is 0 Å². The minimum Gasteiger partial charge on any atom is -0.294 e. The minimum atomic E-state index is -0.247. The van der Waals surface area contributed by atoms with Crippen LogP contribution in [0.4, 0.5) is 0 Å². The van der Waals surface area contributed by atoms with Crippen molar-refractivity contribution in [3.05, 3.63) is 35.9 Å². The van der Waals surface area contributed by atoms with Crippen molar-refractivity contribution in [2.45, 2.75) is 55.8 Å². The Balaban J connectivity index is 1.72. The Morgan fingerprint density at radius 2 is 1.68 bits per heavy atom. The van der Waals surface area contributed by atoms with Crippen molar-refractivity contribution < 1.29 is 4.79 Å². The lowest BCUT2D eigenvalue weighted by atomic mass is 9.42. The summed E-state index contributed by atoms with van der Waals surface area (Å²) in [7, 11) is 0. The first-order chi connectivity index (χ1) is 10.3. The van der Waals surface area contributed by atoms with Crippen LogP contribution in [0.2, 0.25) is 0 Å². The molecule has 118 valence electrons. The summed E-state index contributed by atoms with van der Waals surface area (Å²) in [6.45, 7) is 4.46. The lowest BCUT2D eigenvalue weighted by molar-refractivity contribution is -0.0886. The van der Waals surface area contributed by atoms with Crippen LogP contribution in [0.5, 0.6) is 0 Å².